The van der Waals surface area contributed by atoms with Gasteiger partial charge in [-0.05, 0) is 12.3 Å². The van der Waals surface area contributed by atoms with Crippen LogP contribution in [-0.2, 0) is 0 Å². The minimum atomic E-state index is 1.05. The fraction of sp³-hybridized carbons (Fsp3) is 0.375. The summed E-state index contributed by atoms with van der Waals surface area (Å²) in [5.74, 6) is 0. The molecule has 1 aliphatic rings. The Labute approximate surface area is 57.7 Å². The quantitative estimate of drug-likeness (QED) is 0.445. The van der Waals surface area contributed by atoms with E-state index < -0.39 is 0 Å². The molecule has 0 saturated carbocycles. The van der Waals surface area contributed by atoms with Gasteiger partial charge in [0, 0.05) is 13.6 Å². The summed E-state index contributed by atoms with van der Waals surface area (Å²) in [7, 11) is 2.06. The summed E-state index contributed by atoms with van der Waals surface area (Å²) < 4.78 is 0. The van der Waals surface area contributed by atoms with E-state index in [1.807, 2.05) is 6.08 Å². The van der Waals surface area contributed by atoms with Crippen LogP contribution in [0.4, 0.5) is 0 Å². The molecule has 0 amide bonds. The highest BCUT2D eigenvalue weighted by molar-refractivity contribution is 5.07. The standard InChI is InChI=1S/C6H9N.C2H5/c1-7-5-3-2-4-6-7;1-2/h2-5H,6H2,1H3;1H2,2H3/q;+1. The molecule has 1 aliphatic heterocycles. The molecule has 0 spiro atoms. The Morgan fingerprint density at radius 3 is 2.22 bits per heavy atom. The topological polar surface area (TPSA) is 3.24 Å². The second-order valence-electron chi connectivity index (χ2n) is 1.71. The summed E-state index contributed by atoms with van der Waals surface area (Å²) in [5.41, 5.74) is 0. The van der Waals surface area contributed by atoms with E-state index in [1.165, 1.54) is 0 Å². The third-order valence-electron chi connectivity index (χ3n) is 0.981. The van der Waals surface area contributed by atoms with Crippen LogP contribution in [0, 0.1) is 6.92 Å². The molecule has 0 radical (unpaired) electrons. The van der Waals surface area contributed by atoms with E-state index in [0.29, 0.717) is 0 Å². The van der Waals surface area contributed by atoms with Crippen molar-refractivity contribution in [2.24, 2.45) is 0 Å². The van der Waals surface area contributed by atoms with Crippen LogP contribution in [0.2, 0.25) is 0 Å². The monoisotopic (exact) mass is 124 g/mol. The molecule has 0 aromatic carbocycles. The van der Waals surface area contributed by atoms with E-state index in [2.05, 4.69) is 37.2 Å². The average molecular weight is 124 g/mol. The highest BCUT2D eigenvalue weighted by Gasteiger charge is 1.86. The molecule has 0 bridgehead atoms. The van der Waals surface area contributed by atoms with E-state index in [9.17, 15) is 0 Å². The van der Waals surface area contributed by atoms with Gasteiger partial charge in [0.15, 0.2) is 0 Å². The van der Waals surface area contributed by atoms with Crippen LogP contribution < -0.4 is 0 Å². The zero-order valence-electron chi connectivity index (χ0n) is 6.17. The molecule has 0 saturated heterocycles. The van der Waals surface area contributed by atoms with E-state index in [1.54, 1.807) is 6.92 Å². The third kappa shape index (κ3) is 3.71. The molecule has 0 fully saturated rings. The molecule has 1 heteroatoms. The average Bonchev–Trinajstić information content (AvgIpc) is 1.94. The largest absolute Gasteiger partial charge is 0.377 e. The fourth-order valence-corrected chi connectivity index (χ4v) is 0.563. The van der Waals surface area contributed by atoms with Gasteiger partial charge < -0.3 is 4.90 Å². The van der Waals surface area contributed by atoms with Crippen molar-refractivity contribution in [1.82, 2.24) is 4.90 Å². The zero-order valence-corrected chi connectivity index (χ0v) is 6.17. The van der Waals surface area contributed by atoms with Crippen LogP contribution in [0.25, 0.3) is 0 Å². The number of likely N-dealkylation sites (N-methyl/N-ethyl adjacent to an activating group) is 1. The summed E-state index contributed by atoms with van der Waals surface area (Å²) in [6.45, 7) is 6.05. The summed E-state index contributed by atoms with van der Waals surface area (Å²) in [5, 5.41) is 0. The van der Waals surface area contributed by atoms with Crippen molar-refractivity contribution < 1.29 is 0 Å². The second kappa shape index (κ2) is 5.29. The molecule has 1 nitrogen and oxygen atoms in total. The molecular formula is C8H14N+. The van der Waals surface area contributed by atoms with Gasteiger partial charge >= 0.3 is 0 Å². The maximum absolute atomic E-state index is 3.25. The highest BCUT2D eigenvalue weighted by Crippen LogP contribution is 1.91. The lowest BCUT2D eigenvalue weighted by Gasteiger charge is -2.11. The number of rotatable bonds is 0. The SMILES string of the molecule is CN1C=CC=CC1.[CH2+]C. The van der Waals surface area contributed by atoms with Crippen LogP contribution in [0.15, 0.2) is 24.4 Å². The van der Waals surface area contributed by atoms with Crippen molar-refractivity contribution in [3.8, 4) is 0 Å². The van der Waals surface area contributed by atoms with Crippen LogP contribution in [-0.4, -0.2) is 18.5 Å². The van der Waals surface area contributed by atoms with Gasteiger partial charge in [0.2, 0.25) is 0 Å². The Kier molecular flexibility index (Phi) is 4.79. The van der Waals surface area contributed by atoms with Crippen LogP contribution >= 0.6 is 0 Å². The number of hydrogen-bond donors (Lipinski definition) is 0. The molecule has 1 rings (SSSR count). The van der Waals surface area contributed by atoms with Crippen molar-refractivity contribution in [3.05, 3.63) is 31.4 Å². The van der Waals surface area contributed by atoms with Crippen molar-refractivity contribution in [3.63, 3.8) is 0 Å². The maximum atomic E-state index is 3.25. The van der Waals surface area contributed by atoms with Gasteiger partial charge in [0.05, 0.1) is 13.8 Å². The molecule has 0 aromatic rings. The Bertz CT molecular complexity index is 103. The van der Waals surface area contributed by atoms with Crippen LogP contribution in [0.3, 0.4) is 0 Å². The Morgan fingerprint density at radius 1 is 1.33 bits per heavy atom. The zero-order chi connectivity index (χ0) is 7.11. The predicted molar refractivity (Wildman–Crippen MR) is 41.9 cm³/mol. The Hall–Kier alpha value is -0.850. The van der Waals surface area contributed by atoms with Gasteiger partial charge in [-0.15, -0.1) is 0 Å². The number of nitrogens with zero attached hydrogens (tertiary/aromatic N) is 1. The normalized spacial score (nSPS) is 14.7. The van der Waals surface area contributed by atoms with Gasteiger partial charge in [-0.3, -0.25) is 0 Å². The predicted octanol–water partition coefficient (Wildman–Crippen LogP) is 1.84. The molecule has 0 aromatic heterocycles. The first-order valence-corrected chi connectivity index (χ1v) is 3.14. The molecule has 0 N–H and O–H groups in total. The van der Waals surface area contributed by atoms with E-state index >= 15 is 0 Å². The van der Waals surface area contributed by atoms with Gasteiger partial charge in [0.1, 0.15) is 0 Å². The van der Waals surface area contributed by atoms with Crippen molar-refractivity contribution in [2.45, 2.75) is 6.92 Å². The minimum absolute atomic E-state index is 1.05. The lowest BCUT2D eigenvalue weighted by atomic mass is 10.4. The smallest absolute Gasteiger partial charge is 0.0746 e. The van der Waals surface area contributed by atoms with Gasteiger partial charge in [0.25, 0.3) is 0 Å². The van der Waals surface area contributed by atoms with E-state index in [-0.39, 0.29) is 0 Å². The molecule has 50 valence electrons. The van der Waals surface area contributed by atoms with Gasteiger partial charge in [-0.25, -0.2) is 0 Å². The summed E-state index contributed by atoms with van der Waals surface area (Å²) in [6, 6.07) is 0. The molecule has 0 unspecified atom stereocenters. The van der Waals surface area contributed by atoms with E-state index in [0.717, 1.165) is 6.54 Å². The van der Waals surface area contributed by atoms with E-state index in [4.69, 9.17) is 0 Å². The molecular weight excluding hydrogens is 110 g/mol. The van der Waals surface area contributed by atoms with Crippen molar-refractivity contribution >= 4 is 0 Å². The number of hydrogen-bond acceptors (Lipinski definition) is 1. The third-order valence-corrected chi connectivity index (χ3v) is 0.981. The lowest BCUT2D eigenvalue weighted by molar-refractivity contribution is 0.505. The molecule has 0 atom stereocenters. The fourth-order valence-electron chi connectivity index (χ4n) is 0.563. The van der Waals surface area contributed by atoms with Gasteiger partial charge in [-0.1, -0.05) is 12.2 Å². The maximum Gasteiger partial charge on any atom is 0.0746 e. The lowest BCUT2D eigenvalue weighted by Crippen LogP contribution is -2.11. The van der Waals surface area contributed by atoms with Gasteiger partial charge in [-0.2, -0.15) is 0 Å². The Balaban J connectivity index is 0.000000291. The summed E-state index contributed by atoms with van der Waals surface area (Å²) in [6.07, 6.45) is 8.27. The summed E-state index contributed by atoms with van der Waals surface area (Å²) >= 11 is 0. The molecule has 9 heavy (non-hydrogen) atoms. The van der Waals surface area contributed by atoms with Crippen LogP contribution in [0.1, 0.15) is 6.92 Å². The first kappa shape index (κ1) is 8.15. The summed E-state index contributed by atoms with van der Waals surface area (Å²) in [4.78, 5) is 2.12. The minimum Gasteiger partial charge on any atom is -0.377 e. The first-order chi connectivity index (χ1) is 4.39. The highest BCUT2D eigenvalue weighted by atomic mass is 15.1. The Morgan fingerprint density at radius 2 is 2.00 bits per heavy atom. The second-order valence-corrected chi connectivity index (χ2v) is 1.71. The van der Waals surface area contributed by atoms with Crippen molar-refractivity contribution in [2.75, 3.05) is 13.6 Å². The molecule has 0 aliphatic carbocycles. The van der Waals surface area contributed by atoms with Crippen molar-refractivity contribution in [1.29, 1.82) is 0 Å². The van der Waals surface area contributed by atoms with Crippen LogP contribution in [0.5, 0.6) is 0 Å². The number of allylic oxidation sites excluding steroid dienone is 2. The first-order valence-electron chi connectivity index (χ1n) is 3.14. The molecule has 1 heterocycles.